The van der Waals surface area contributed by atoms with Gasteiger partial charge in [-0.3, -0.25) is 19.7 Å². The second-order valence-electron chi connectivity index (χ2n) is 4.44. The highest BCUT2D eigenvalue weighted by molar-refractivity contribution is 6.43. The van der Waals surface area contributed by atoms with Crippen molar-refractivity contribution < 1.29 is 27.7 Å². The molecule has 10 heteroatoms. The highest BCUT2D eigenvalue weighted by atomic mass is 19.2. The smallest absolute Gasteiger partial charge is 0.314 e. The molecule has 2 amide bonds. The number of nitrogens with zero attached hydrogens (tertiary/aromatic N) is 1. The molecule has 0 radical (unpaired) electrons. The molecule has 2 aromatic rings. The molecule has 24 heavy (non-hydrogen) atoms. The Bertz CT molecular complexity index is 825. The molecule has 2 aromatic carbocycles. The van der Waals surface area contributed by atoms with E-state index < -0.39 is 39.9 Å². The van der Waals surface area contributed by atoms with Crippen LogP contribution in [0.1, 0.15) is 0 Å². The van der Waals surface area contributed by atoms with Crippen LogP contribution in [0, 0.1) is 27.6 Å². The first-order valence-corrected chi connectivity index (χ1v) is 6.30. The molecule has 0 spiro atoms. The van der Waals surface area contributed by atoms with Gasteiger partial charge < -0.3 is 10.6 Å². The lowest BCUT2D eigenvalue weighted by Crippen LogP contribution is -2.29. The molecule has 0 fully saturated rings. The van der Waals surface area contributed by atoms with Gasteiger partial charge in [-0.1, -0.05) is 0 Å². The van der Waals surface area contributed by atoms with Gasteiger partial charge in [0.1, 0.15) is 0 Å². The molecule has 0 saturated carbocycles. The van der Waals surface area contributed by atoms with Crippen molar-refractivity contribution in [3.8, 4) is 0 Å². The fourth-order valence-electron chi connectivity index (χ4n) is 1.66. The summed E-state index contributed by atoms with van der Waals surface area (Å²) in [5, 5.41) is 14.4. The van der Waals surface area contributed by atoms with Gasteiger partial charge in [-0.2, -0.15) is 0 Å². The number of carbonyl (C=O) groups excluding carboxylic acids is 2. The predicted octanol–water partition coefficient (Wildman–Crippen LogP) is 2.59. The van der Waals surface area contributed by atoms with Crippen LogP contribution in [0.4, 0.5) is 30.2 Å². The van der Waals surface area contributed by atoms with Gasteiger partial charge >= 0.3 is 11.8 Å². The van der Waals surface area contributed by atoms with Crippen molar-refractivity contribution in [1.29, 1.82) is 0 Å². The van der Waals surface area contributed by atoms with Crippen LogP contribution in [0.5, 0.6) is 0 Å². The number of hydrogen-bond donors (Lipinski definition) is 2. The summed E-state index contributed by atoms with van der Waals surface area (Å²) in [5.74, 6) is -7.44. The Kier molecular flexibility index (Phi) is 4.78. The Labute approximate surface area is 132 Å². The number of halogens is 3. The number of benzene rings is 2. The molecule has 0 aromatic heterocycles. The molecule has 7 nitrogen and oxygen atoms in total. The summed E-state index contributed by atoms with van der Waals surface area (Å²) < 4.78 is 39.2. The molecule has 2 rings (SSSR count). The van der Waals surface area contributed by atoms with Crippen molar-refractivity contribution in [1.82, 2.24) is 0 Å². The average molecular weight is 339 g/mol. The van der Waals surface area contributed by atoms with Gasteiger partial charge in [-0.15, -0.1) is 0 Å². The number of carbonyl (C=O) groups is 2. The minimum Gasteiger partial charge on any atom is -0.318 e. The number of nitro groups is 1. The van der Waals surface area contributed by atoms with Crippen LogP contribution >= 0.6 is 0 Å². The van der Waals surface area contributed by atoms with Crippen LogP contribution < -0.4 is 10.6 Å². The normalized spacial score (nSPS) is 10.1. The number of rotatable bonds is 3. The van der Waals surface area contributed by atoms with Gasteiger partial charge in [0, 0.05) is 17.8 Å². The summed E-state index contributed by atoms with van der Waals surface area (Å²) in [6.45, 7) is 0. The van der Waals surface area contributed by atoms with E-state index in [4.69, 9.17) is 0 Å². The van der Waals surface area contributed by atoms with Gasteiger partial charge in [0.25, 0.3) is 5.69 Å². The zero-order valence-electron chi connectivity index (χ0n) is 11.7. The van der Waals surface area contributed by atoms with E-state index >= 15 is 0 Å². The summed E-state index contributed by atoms with van der Waals surface area (Å²) in [7, 11) is 0. The Balaban J connectivity index is 2.06. The molecule has 2 N–H and O–H groups in total. The first-order valence-electron chi connectivity index (χ1n) is 6.30. The Hall–Kier alpha value is -3.43. The van der Waals surface area contributed by atoms with E-state index in [0.717, 1.165) is 18.2 Å². The number of amides is 2. The van der Waals surface area contributed by atoms with Crippen molar-refractivity contribution >= 4 is 28.9 Å². The van der Waals surface area contributed by atoms with Crippen LogP contribution in [0.3, 0.4) is 0 Å². The summed E-state index contributed by atoms with van der Waals surface area (Å²) in [4.78, 5) is 33.1. The molecule has 0 bridgehead atoms. The first kappa shape index (κ1) is 16.9. The molecule has 0 saturated heterocycles. The standard InChI is InChI=1S/C14H8F3N3O4/c15-9-5-6-10(12(17)11(9)16)19-14(22)13(21)18-7-1-3-8(4-2-7)20(23)24/h1-6H,(H,18,21)(H,19,22). The Morgan fingerprint density at radius 1 is 0.875 bits per heavy atom. The summed E-state index contributed by atoms with van der Waals surface area (Å²) in [5.41, 5.74) is -0.856. The number of nitro benzene ring substituents is 1. The lowest BCUT2D eigenvalue weighted by atomic mass is 10.2. The third-order valence-electron chi connectivity index (χ3n) is 2.83. The fraction of sp³-hybridized carbons (Fsp3) is 0. The third kappa shape index (κ3) is 3.66. The van der Waals surface area contributed by atoms with Crippen LogP contribution in [0.25, 0.3) is 0 Å². The minimum absolute atomic E-state index is 0.0755. The first-order chi connectivity index (χ1) is 11.3. The van der Waals surface area contributed by atoms with E-state index in [1.54, 1.807) is 5.32 Å². The van der Waals surface area contributed by atoms with Gasteiger partial charge in [0.15, 0.2) is 17.5 Å². The van der Waals surface area contributed by atoms with Crippen molar-refractivity contribution in [2.75, 3.05) is 10.6 Å². The molecular weight excluding hydrogens is 331 g/mol. The lowest BCUT2D eigenvalue weighted by Gasteiger charge is -2.08. The number of non-ortho nitro benzene ring substituents is 1. The maximum absolute atomic E-state index is 13.4. The SMILES string of the molecule is O=C(Nc1ccc([N+](=O)[O-])cc1)C(=O)Nc1ccc(F)c(F)c1F. The van der Waals surface area contributed by atoms with Crippen LogP contribution in [-0.4, -0.2) is 16.7 Å². The van der Waals surface area contributed by atoms with Gasteiger partial charge in [0.05, 0.1) is 10.6 Å². The molecular formula is C14H8F3N3O4. The van der Waals surface area contributed by atoms with E-state index in [0.29, 0.717) is 6.07 Å². The lowest BCUT2D eigenvalue weighted by molar-refractivity contribution is -0.384. The number of hydrogen-bond acceptors (Lipinski definition) is 4. The van der Waals surface area contributed by atoms with E-state index in [1.165, 1.54) is 12.1 Å². The van der Waals surface area contributed by atoms with Crippen LogP contribution in [0.2, 0.25) is 0 Å². The number of nitrogens with one attached hydrogen (secondary N) is 2. The monoisotopic (exact) mass is 339 g/mol. The van der Waals surface area contributed by atoms with Crippen LogP contribution in [-0.2, 0) is 9.59 Å². The molecule has 0 aliphatic heterocycles. The Morgan fingerprint density at radius 2 is 1.46 bits per heavy atom. The average Bonchev–Trinajstić information content (AvgIpc) is 2.55. The largest absolute Gasteiger partial charge is 0.318 e. The fourth-order valence-corrected chi connectivity index (χ4v) is 1.66. The molecule has 124 valence electrons. The second kappa shape index (κ2) is 6.77. The summed E-state index contributed by atoms with van der Waals surface area (Å²) in [6, 6.07) is 5.90. The van der Waals surface area contributed by atoms with Crippen LogP contribution in [0.15, 0.2) is 36.4 Å². The maximum Gasteiger partial charge on any atom is 0.314 e. The topological polar surface area (TPSA) is 101 Å². The molecule has 0 aliphatic carbocycles. The van der Waals surface area contributed by atoms with E-state index in [2.05, 4.69) is 5.32 Å². The second-order valence-corrected chi connectivity index (χ2v) is 4.44. The highest BCUT2D eigenvalue weighted by Gasteiger charge is 2.19. The highest BCUT2D eigenvalue weighted by Crippen LogP contribution is 2.20. The molecule has 0 atom stereocenters. The Morgan fingerprint density at radius 3 is 2.04 bits per heavy atom. The summed E-state index contributed by atoms with van der Waals surface area (Å²) in [6.07, 6.45) is 0. The van der Waals surface area contributed by atoms with Crippen molar-refractivity contribution in [3.63, 3.8) is 0 Å². The predicted molar refractivity (Wildman–Crippen MR) is 76.7 cm³/mol. The van der Waals surface area contributed by atoms with E-state index in [1.807, 2.05) is 0 Å². The quantitative estimate of drug-likeness (QED) is 0.388. The number of anilines is 2. The summed E-state index contributed by atoms with van der Waals surface area (Å²) >= 11 is 0. The van der Waals surface area contributed by atoms with Crippen molar-refractivity contribution in [3.05, 3.63) is 64.0 Å². The van der Waals surface area contributed by atoms with Gasteiger partial charge in [-0.05, 0) is 24.3 Å². The maximum atomic E-state index is 13.4. The van der Waals surface area contributed by atoms with E-state index in [-0.39, 0.29) is 11.4 Å². The molecule has 0 heterocycles. The molecule has 0 unspecified atom stereocenters. The van der Waals surface area contributed by atoms with Crippen molar-refractivity contribution in [2.45, 2.75) is 0 Å². The zero-order valence-corrected chi connectivity index (χ0v) is 11.7. The minimum atomic E-state index is -1.79. The zero-order chi connectivity index (χ0) is 17.9. The van der Waals surface area contributed by atoms with Gasteiger partial charge in [-0.25, -0.2) is 13.2 Å². The van der Waals surface area contributed by atoms with E-state index in [9.17, 15) is 32.9 Å². The molecule has 0 aliphatic rings. The van der Waals surface area contributed by atoms with Gasteiger partial charge in [0.2, 0.25) is 0 Å². The third-order valence-corrected chi connectivity index (χ3v) is 2.83. The van der Waals surface area contributed by atoms with Crippen molar-refractivity contribution in [2.24, 2.45) is 0 Å².